The fraction of sp³-hybridized carbons (Fsp3) is 0.450. The summed E-state index contributed by atoms with van der Waals surface area (Å²) in [6.07, 6.45) is 5.74. The van der Waals surface area contributed by atoms with Crippen LogP contribution in [0.3, 0.4) is 0 Å². The maximum Gasteiger partial charge on any atom is 0.321 e. The maximum atomic E-state index is 12.3. The molecule has 0 saturated heterocycles. The predicted molar refractivity (Wildman–Crippen MR) is 107 cm³/mol. The number of nitrogens with zero attached hydrogens (tertiary/aromatic N) is 1. The van der Waals surface area contributed by atoms with Crippen molar-refractivity contribution in [1.29, 1.82) is 0 Å². The van der Waals surface area contributed by atoms with Crippen molar-refractivity contribution in [2.24, 2.45) is 0 Å². The van der Waals surface area contributed by atoms with Crippen LogP contribution in [0.1, 0.15) is 43.9 Å². The largest absolute Gasteiger partial charge is 0.466 e. The molecule has 27 heavy (non-hydrogen) atoms. The maximum absolute atomic E-state index is 12.3. The number of benzene rings is 1. The van der Waals surface area contributed by atoms with Gasteiger partial charge in [0.25, 0.3) is 0 Å². The van der Waals surface area contributed by atoms with Crippen LogP contribution >= 0.6 is 11.3 Å². The molecule has 144 valence electrons. The Morgan fingerprint density at radius 3 is 2.63 bits per heavy atom. The van der Waals surface area contributed by atoms with Gasteiger partial charge in [0.1, 0.15) is 0 Å². The van der Waals surface area contributed by atoms with Crippen LogP contribution in [-0.2, 0) is 16.0 Å². The summed E-state index contributed by atoms with van der Waals surface area (Å²) < 4.78 is 5.07. The van der Waals surface area contributed by atoms with E-state index in [0.29, 0.717) is 17.4 Å². The minimum atomic E-state index is -0.295. The number of rotatable bonds is 6. The van der Waals surface area contributed by atoms with Crippen molar-refractivity contribution >= 4 is 28.5 Å². The summed E-state index contributed by atoms with van der Waals surface area (Å²) in [6, 6.07) is 9.64. The molecule has 1 aliphatic rings. The molecule has 0 unspecified atom stereocenters. The number of ether oxygens (including phenoxy) is 1. The number of thiazole rings is 1. The predicted octanol–water partition coefficient (Wildman–Crippen LogP) is 4.37. The SMILES string of the molecule is CCOC(=O)Cc1sc(NC(=O)NC2CCCCC2)nc1-c1ccccc1. The van der Waals surface area contributed by atoms with E-state index >= 15 is 0 Å². The highest BCUT2D eigenvalue weighted by molar-refractivity contribution is 7.16. The number of carbonyl (C=O) groups is 2. The van der Waals surface area contributed by atoms with Gasteiger partial charge in [0.05, 0.1) is 18.7 Å². The molecular formula is C20H25N3O3S. The second-order valence-corrected chi connectivity index (χ2v) is 7.66. The number of hydrogen-bond donors (Lipinski definition) is 2. The Morgan fingerprint density at radius 2 is 1.93 bits per heavy atom. The lowest BCUT2D eigenvalue weighted by Gasteiger charge is -2.22. The fourth-order valence-corrected chi connectivity index (χ4v) is 4.22. The summed E-state index contributed by atoms with van der Waals surface area (Å²) in [5, 5.41) is 6.34. The molecule has 2 aromatic rings. The van der Waals surface area contributed by atoms with Crippen LogP contribution in [0.25, 0.3) is 11.3 Å². The van der Waals surface area contributed by atoms with Crippen LogP contribution in [0, 0.1) is 0 Å². The monoisotopic (exact) mass is 387 g/mol. The van der Waals surface area contributed by atoms with E-state index in [1.165, 1.54) is 17.8 Å². The van der Waals surface area contributed by atoms with E-state index in [0.717, 1.165) is 36.1 Å². The molecule has 1 saturated carbocycles. The first kappa shape index (κ1) is 19.4. The minimum absolute atomic E-state index is 0.141. The van der Waals surface area contributed by atoms with Gasteiger partial charge in [0, 0.05) is 16.5 Å². The average Bonchev–Trinajstić information content (AvgIpc) is 3.05. The number of anilines is 1. The molecule has 2 N–H and O–H groups in total. The van der Waals surface area contributed by atoms with Crippen molar-refractivity contribution in [3.05, 3.63) is 35.2 Å². The Bertz CT molecular complexity index is 770. The van der Waals surface area contributed by atoms with Crippen LogP contribution in [0.15, 0.2) is 30.3 Å². The Kier molecular flexibility index (Phi) is 6.81. The van der Waals surface area contributed by atoms with Gasteiger partial charge in [-0.2, -0.15) is 0 Å². The molecule has 0 radical (unpaired) electrons. The molecule has 0 bridgehead atoms. The lowest BCUT2D eigenvalue weighted by Crippen LogP contribution is -2.38. The third-order valence-corrected chi connectivity index (χ3v) is 5.49. The highest BCUT2D eigenvalue weighted by Gasteiger charge is 2.20. The molecule has 2 amide bonds. The van der Waals surface area contributed by atoms with Crippen LogP contribution < -0.4 is 10.6 Å². The Hall–Kier alpha value is -2.41. The molecular weight excluding hydrogens is 362 g/mol. The highest BCUT2D eigenvalue weighted by atomic mass is 32.1. The van der Waals surface area contributed by atoms with Crippen molar-refractivity contribution in [2.75, 3.05) is 11.9 Å². The molecule has 1 aliphatic carbocycles. The van der Waals surface area contributed by atoms with E-state index in [9.17, 15) is 9.59 Å². The first-order chi connectivity index (χ1) is 13.2. The van der Waals surface area contributed by atoms with Gasteiger partial charge in [-0.05, 0) is 19.8 Å². The summed E-state index contributed by atoms with van der Waals surface area (Å²) in [4.78, 5) is 29.6. The number of amides is 2. The molecule has 7 heteroatoms. The summed E-state index contributed by atoms with van der Waals surface area (Å²) in [6.45, 7) is 2.12. The quantitative estimate of drug-likeness (QED) is 0.721. The number of nitrogens with one attached hydrogen (secondary N) is 2. The molecule has 3 rings (SSSR count). The van der Waals surface area contributed by atoms with Gasteiger partial charge < -0.3 is 10.1 Å². The fourth-order valence-electron chi connectivity index (χ4n) is 3.26. The number of esters is 1. The van der Waals surface area contributed by atoms with Gasteiger partial charge in [-0.1, -0.05) is 49.6 Å². The zero-order valence-corrected chi connectivity index (χ0v) is 16.3. The van der Waals surface area contributed by atoms with E-state index < -0.39 is 0 Å². The van der Waals surface area contributed by atoms with Gasteiger partial charge in [-0.25, -0.2) is 9.78 Å². The Balaban J connectivity index is 1.74. The third kappa shape index (κ3) is 5.53. The van der Waals surface area contributed by atoms with Crippen molar-refractivity contribution in [2.45, 2.75) is 51.5 Å². The summed E-state index contributed by atoms with van der Waals surface area (Å²) >= 11 is 1.31. The first-order valence-corrected chi connectivity index (χ1v) is 10.3. The molecule has 1 heterocycles. The molecule has 6 nitrogen and oxygen atoms in total. The second-order valence-electron chi connectivity index (χ2n) is 6.57. The van der Waals surface area contributed by atoms with Crippen LogP contribution in [0.2, 0.25) is 0 Å². The van der Waals surface area contributed by atoms with Gasteiger partial charge >= 0.3 is 12.0 Å². The van der Waals surface area contributed by atoms with Gasteiger partial charge in [0.2, 0.25) is 0 Å². The van der Waals surface area contributed by atoms with E-state index in [-0.39, 0.29) is 24.5 Å². The van der Waals surface area contributed by atoms with Crippen LogP contribution in [0.4, 0.5) is 9.93 Å². The number of carbonyl (C=O) groups excluding carboxylic acids is 2. The molecule has 0 aliphatic heterocycles. The van der Waals surface area contributed by atoms with Crippen molar-refractivity contribution < 1.29 is 14.3 Å². The van der Waals surface area contributed by atoms with Crippen LogP contribution in [-0.4, -0.2) is 29.6 Å². The van der Waals surface area contributed by atoms with E-state index in [1.807, 2.05) is 30.3 Å². The van der Waals surface area contributed by atoms with Gasteiger partial charge in [-0.3, -0.25) is 10.1 Å². The van der Waals surface area contributed by atoms with E-state index in [4.69, 9.17) is 4.74 Å². The van der Waals surface area contributed by atoms with Crippen molar-refractivity contribution in [1.82, 2.24) is 10.3 Å². The molecule has 1 aromatic heterocycles. The number of urea groups is 1. The Labute approximate surface area is 163 Å². The zero-order chi connectivity index (χ0) is 19.1. The topological polar surface area (TPSA) is 80.3 Å². The molecule has 0 spiro atoms. The molecule has 1 aromatic carbocycles. The van der Waals surface area contributed by atoms with Crippen molar-refractivity contribution in [3.63, 3.8) is 0 Å². The normalized spacial score (nSPS) is 14.6. The minimum Gasteiger partial charge on any atom is -0.466 e. The number of hydrogen-bond acceptors (Lipinski definition) is 5. The third-order valence-electron chi connectivity index (χ3n) is 4.52. The molecule has 0 atom stereocenters. The zero-order valence-electron chi connectivity index (χ0n) is 15.5. The van der Waals surface area contributed by atoms with Crippen molar-refractivity contribution in [3.8, 4) is 11.3 Å². The van der Waals surface area contributed by atoms with Crippen LogP contribution in [0.5, 0.6) is 0 Å². The standard InChI is InChI=1S/C20H25N3O3S/c1-2-26-17(24)13-16-18(14-9-5-3-6-10-14)22-20(27-16)23-19(25)21-15-11-7-4-8-12-15/h3,5-6,9-10,15H,2,4,7-8,11-13H2,1H3,(H2,21,22,23,25). The summed E-state index contributed by atoms with van der Waals surface area (Å²) in [7, 11) is 0. The lowest BCUT2D eigenvalue weighted by atomic mass is 9.96. The number of aromatic nitrogens is 1. The summed E-state index contributed by atoms with van der Waals surface area (Å²) in [5.41, 5.74) is 1.62. The van der Waals surface area contributed by atoms with E-state index in [1.54, 1.807) is 6.92 Å². The summed E-state index contributed by atoms with van der Waals surface area (Å²) in [5.74, 6) is -0.295. The average molecular weight is 388 g/mol. The van der Waals surface area contributed by atoms with Gasteiger partial charge in [0.15, 0.2) is 5.13 Å². The molecule has 1 fully saturated rings. The second kappa shape index (κ2) is 9.50. The lowest BCUT2D eigenvalue weighted by molar-refractivity contribution is -0.142. The van der Waals surface area contributed by atoms with E-state index in [2.05, 4.69) is 15.6 Å². The first-order valence-electron chi connectivity index (χ1n) is 9.44. The van der Waals surface area contributed by atoms with Gasteiger partial charge in [-0.15, -0.1) is 11.3 Å². The Morgan fingerprint density at radius 1 is 1.19 bits per heavy atom. The smallest absolute Gasteiger partial charge is 0.321 e. The highest BCUT2D eigenvalue weighted by Crippen LogP contribution is 2.32.